The zero-order valence-electron chi connectivity index (χ0n) is 18.2. The van der Waals surface area contributed by atoms with Crippen molar-refractivity contribution < 1.29 is 13.2 Å². The molecule has 0 unspecified atom stereocenters. The van der Waals surface area contributed by atoms with Crippen molar-refractivity contribution in [2.75, 3.05) is 17.4 Å². The minimum atomic E-state index is -3.96. The number of carbonyl (C=O) groups excluding carboxylic acids is 1. The van der Waals surface area contributed by atoms with Gasteiger partial charge in [-0.3, -0.25) is 9.10 Å². The number of amides is 1. The fourth-order valence-electron chi connectivity index (χ4n) is 3.28. The molecule has 0 aliphatic heterocycles. The molecule has 0 fully saturated rings. The van der Waals surface area contributed by atoms with Crippen molar-refractivity contribution in [3.63, 3.8) is 0 Å². The van der Waals surface area contributed by atoms with Crippen molar-refractivity contribution in [1.82, 2.24) is 5.32 Å². The van der Waals surface area contributed by atoms with Crippen LogP contribution in [0.2, 0.25) is 5.02 Å². The summed E-state index contributed by atoms with van der Waals surface area (Å²) in [6.45, 7) is 4.03. The molecule has 0 aliphatic carbocycles. The zero-order valence-corrected chi connectivity index (χ0v) is 19.8. The van der Waals surface area contributed by atoms with Crippen molar-refractivity contribution >= 4 is 33.2 Å². The van der Waals surface area contributed by atoms with E-state index in [0.717, 1.165) is 28.3 Å². The molecule has 3 aromatic rings. The summed E-state index contributed by atoms with van der Waals surface area (Å²) >= 11 is 5.92. The number of nitrogens with one attached hydrogen (secondary N) is 1. The lowest BCUT2D eigenvalue weighted by molar-refractivity contribution is -0.119. The third-order valence-electron chi connectivity index (χ3n) is 5.27. The second-order valence-electron chi connectivity index (χ2n) is 7.67. The number of rotatable bonds is 9. The zero-order chi connectivity index (χ0) is 23.1. The second kappa shape index (κ2) is 10.7. The lowest BCUT2D eigenvalue weighted by Crippen LogP contribution is -2.41. The summed E-state index contributed by atoms with van der Waals surface area (Å²) < 4.78 is 27.9. The predicted molar refractivity (Wildman–Crippen MR) is 130 cm³/mol. The van der Waals surface area contributed by atoms with E-state index in [1.54, 1.807) is 12.1 Å². The van der Waals surface area contributed by atoms with Gasteiger partial charge in [-0.05, 0) is 79.8 Å². The Kier molecular flexibility index (Phi) is 7.94. The normalized spacial score (nSPS) is 11.2. The van der Waals surface area contributed by atoms with Crippen molar-refractivity contribution in [2.24, 2.45) is 0 Å². The first kappa shape index (κ1) is 23.8. The van der Waals surface area contributed by atoms with Crippen LogP contribution in [0.3, 0.4) is 0 Å². The smallest absolute Gasteiger partial charge is 0.264 e. The Morgan fingerprint density at radius 2 is 1.62 bits per heavy atom. The number of carbonyl (C=O) groups is 1. The van der Waals surface area contributed by atoms with Crippen LogP contribution in [0.4, 0.5) is 5.69 Å². The van der Waals surface area contributed by atoms with Crippen LogP contribution in [0.15, 0.2) is 77.7 Å². The van der Waals surface area contributed by atoms with E-state index in [1.165, 1.54) is 29.8 Å². The summed E-state index contributed by atoms with van der Waals surface area (Å²) in [7, 11) is -3.96. The molecule has 0 bridgehead atoms. The van der Waals surface area contributed by atoms with Crippen LogP contribution in [0, 0.1) is 13.8 Å². The lowest BCUT2D eigenvalue weighted by Gasteiger charge is -2.25. The van der Waals surface area contributed by atoms with Gasteiger partial charge in [0.15, 0.2) is 0 Å². The van der Waals surface area contributed by atoms with Crippen LogP contribution in [0.1, 0.15) is 23.1 Å². The maximum Gasteiger partial charge on any atom is 0.264 e. The summed E-state index contributed by atoms with van der Waals surface area (Å²) in [5.74, 6) is -0.353. The highest BCUT2D eigenvalue weighted by molar-refractivity contribution is 7.92. The number of anilines is 1. The van der Waals surface area contributed by atoms with Crippen LogP contribution in [0.25, 0.3) is 0 Å². The first-order valence-electron chi connectivity index (χ1n) is 10.4. The average molecular weight is 471 g/mol. The molecule has 1 amide bonds. The van der Waals surface area contributed by atoms with Gasteiger partial charge < -0.3 is 5.32 Å². The summed E-state index contributed by atoms with van der Waals surface area (Å²) in [6.07, 6.45) is 1.61. The van der Waals surface area contributed by atoms with Gasteiger partial charge >= 0.3 is 0 Å². The standard InChI is InChI=1S/C25H27ClN2O3S/c1-19-10-13-23(17-20(19)2)28(32(30,31)24-14-11-22(26)12-15-24)18-25(29)27-16-6-9-21-7-4-3-5-8-21/h3-5,7-8,10-15,17H,6,9,16,18H2,1-2H3,(H,27,29). The van der Waals surface area contributed by atoms with Gasteiger partial charge in [0.2, 0.25) is 5.91 Å². The van der Waals surface area contributed by atoms with Crippen molar-refractivity contribution in [3.8, 4) is 0 Å². The summed E-state index contributed by atoms with van der Waals surface area (Å²) in [5.41, 5.74) is 3.64. The van der Waals surface area contributed by atoms with E-state index in [4.69, 9.17) is 11.6 Å². The molecular formula is C25H27ClN2O3S. The Labute approximate surface area is 195 Å². The van der Waals surface area contributed by atoms with E-state index in [2.05, 4.69) is 5.32 Å². The summed E-state index contributed by atoms with van der Waals surface area (Å²) in [5, 5.41) is 3.29. The van der Waals surface area contributed by atoms with Crippen LogP contribution in [-0.2, 0) is 21.2 Å². The highest BCUT2D eigenvalue weighted by Gasteiger charge is 2.27. The third kappa shape index (κ3) is 6.11. The molecule has 168 valence electrons. The molecule has 0 spiro atoms. The maximum absolute atomic E-state index is 13.4. The second-order valence-corrected chi connectivity index (χ2v) is 9.97. The molecule has 0 atom stereocenters. The van der Waals surface area contributed by atoms with Crippen molar-refractivity contribution in [1.29, 1.82) is 0 Å². The summed E-state index contributed by atoms with van der Waals surface area (Å²) in [4.78, 5) is 12.8. The highest BCUT2D eigenvalue weighted by Crippen LogP contribution is 2.26. The largest absolute Gasteiger partial charge is 0.355 e. The van der Waals surface area contributed by atoms with E-state index in [9.17, 15) is 13.2 Å². The fraction of sp³-hybridized carbons (Fsp3) is 0.240. The van der Waals surface area contributed by atoms with E-state index in [1.807, 2.05) is 50.2 Å². The molecule has 0 heterocycles. The predicted octanol–water partition coefficient (Wildman–Crippen LogP) is 4.90. The number of hydrogen-bond donors (Lipinski definition) is 1. The van der Waals surface area contributed by atoms with E-state index in [0.29, 0.717) is 17.3 Å². The molecule has 3 rings (SSSR count). The van der Waals surface area contributed by atoms with Crippen LogP contribution >= 0.6 is 11.6 Å². The molecule has 0 saturated heterocycles. The quantitative estimate of drug-likeness (QED) is 0.452. The Bertz CT molecular complexity index is 1160. The van der Waals surface area contributed by atoms with E-state index in [-0.39, 0.29) is 17.3 Å². The Morgan fingerprint density at radius 3 is 2.28 bits per heavy atom. The fourth-order valence-corrected chi connectivity index (χ4v) is 4.82. The molecule has 0 aromatic heterocycles. The van der Waals surface area contributed by atoms with Gasteiger partial charge in [0.05, 0.1) is 10.6 Å². The minimum Gasteiger partial charge on any atom is -0.355 e. The van der Waals surface area contributed by atoms with Gasteiger partial charge in [-0.15, -0.1) is 0 Å². The van der Waals surface area contributed by atoms with Crippen LogP contribution in [-0.4, -0.2) is 27.4 Å². The van der Waals surface area contributed by atoms with Gasteiger partial charge in [0.1, 0.15) is 6.54 Å². The Morgan fingerprint density at radius 1 is 0.938 bits per heavy atom. The Balaban J connectivity index is 1.75. The molecule has 32 heavy (non-hydrogen) atoms. The molecule has 3 aromatic carbocycles. The number of hydrogen-bond acceptors (Lipinski definition) is 3. The molecule has 0 saturated carbocycles. The van der Waals surface area contributed by atoms with Crippen molar-refractivity contribution in [3.05, 3.63) is 94.5 Å². The molecular weight excluding hydrogens is 444 g/mol. The first-order chi connectivity index (χ1) is 15.3. The average Bonchev–Trinajstić information content (AvgIpc) is 2.78. The maximum atomic E-state index is 13.4. The number of benzene rings is 3. The van der Waals surface area contributed by atoms with Crippen LogP contribution in [0.5, 0.6) is 0 Å². The van der Waals surface area contributed by atoms with Gasteiger partial charge in [0, 0.05) is 11.6 Å². The topological polar surface area (TPSA) is 66.5 Å². The highest BCUT2D eigenvalue weighted by atomic mass is 35.5. The van der Waals surface area contributed by atoms with Crippen LogP contribution < -0.4 is 9.62 Å². The van der Waals surface area contributed by atoms with Gasteiger partial charge in [-0.1, -0.05) is 48.0 Å². The van der Waals surface area contributed by atoms with Gasteiger partial charge in [-0.25, -0.2) is 8.42 Å². The third-order valence-corrected chi connectivity index (χ3v) is 7.31. The lowest BCUT2D eigenvalue weighted by atomic mass is 10.1. The van der Waals surface area contributed by atoms with E-state index < -0.39 is 10.0 Å². The monoisotopic (exact) mass is 470 g/mol. The van der Waals surface area contributed by atoms with Gasteiger partial charge in [-0.2, -0.15) is 0 Å². The minimum absolute atomic E-state index is 0.0806. The molecule has 7 heteroatoms. The molecule has 0 radical (unpaired) electrons. The summed E-state index contributed by atoms with van der Waals surface area (Å²) in [6, 6.07) is 21.3. The molecule has 1 N–H and O–H groups in total. The van der Waals surface area contributed by atoms with Crippen molar-refractivity contribution in [2.45, 2.75) is 31.6 Å². The molecule has 0 aliphatic rings. The Hall–Kier alpha value is -2.83. The van der Waals surface area contributed by atoms with E-state index >= 15 is 0 Å². The number of halogens is 1. The SMILES string of the molecule is Cc1ccc(N(CC(=O)NCCCc2ccccc2)S(=O)(=O)c2ccc(Cl)cc2)cc1C. The molecule has 5 nitrogen and oxygen atoms in total. The number of sulfonamides is 1. The number of nitrogens with zero attached hydrogens (tertiary/aromatic N) is 1. The number of aryl methyl sites for hydroxylation is 3. The van der Waals surface area contributed by atoms with Gasteiger partial charge in [0.25, 0.3) is 10.0 Å². The first-order valence-corrected chi connectivity index (χ1v) is 12.3.